The lowest BCUT2D eigenvalue weighted by atomic mass is 10.1. The molecule has 1 atom stereocenters. The van der Waals surface area contributed by atoms with Gasteiger partial charge in [-0.3, -0.25) is 14.5 Å². The lowest BCUT2D eigenvalue weighted by Gasteiger charge is -2.17. The van der Waals surface area contributed by atoms with Crippen LogP contribution in [0.1, 0.15) is 25.5 Å². The molecule has 0 saturated heterocycles. The zero-order valence-electron chi connectivity index (χ0n) is 16.6. The summed E-state index contributed by atoms with van der Waals surface area (Å²) in [6, 6.07) is 14.9. The van der Waals surface area contributed by atoms with Crippen LogP contribution in [0, 0.1) is 4.77 Å². The molecule has 2 N–H and O–H groups in total. The number of H-pyrrole nitrogens is 1. The largest absolute Gasteiger partial charge is 0.496 e. The number of rotatable bonds is 8. The first-order valence-electron chi connectivity index (χ1n) is 9.34. The van der Waals surface area contributed by atoms with E-state index in [2.05, 4.69) is 15.5 Å². The van der Waals surface area contributed by atoms with Gasteiger partial charge in [0.1, 0.15) is 18.0 Å². The van der Waals surface area contributed by atoms with E-state index in [4.69, 9.17) is 21.7 Å². The van der Waals surface area contributed by atoms with Crippen LogP contribution in [0.4, 0.5) is 0 Å². The highest BCUT2D eigenvalue weighted by atomic mass is 32.1. The summed E-state index contributed by atoms with van der Waals surface area (Å²) >= 11 is 5.33. The molecule has 0 fully saturated rings. The zero-order chi connectivity index (χ0) is 20.8. The highest BCUT2D eigenvalue weighted by Gasteiger charge is 2.16. The molecule has 0 aliphatic heterocycles. The SMILES string of the molecule is CCOc1ccc(-c2n[nH]c(=S)n2CC(=O)NC(C)c2ccccc2OC)cc1. The minimum atomic E-state index is -0.214. The molecule has 8 heteroatoms. The van der Waals surface area contributed by atoms with Crippen molar-refractivity contribution >= 4 is 18.1 Å². The van der Waals surface area contributed by atoms with Crippen LogP contribution < -0.4 is 14.8 Å². The number of nitrogens with zero attached hydrogens (tertiary/aromatic N) is 2. The first kappa shape index (κ1) is 20.6. The van der Waals surface area contributed by atoms with Crippen LogP contribution >= 0.6 is 12.2 Å². The van der Waals surface area contributed by atoms with Crippen LogP contribution in [0.3, 0.4) is 0 Å². The van der Waals surface area contributed by atoms with Crippen LogP contribution in [0.25, 0.3) is 11.4 Å². The lowest BCUT2D eigenvalue weighted by Crippen LogP contribution is -2.30. The number of hydrogen-bond donors (Lipinski definition) is 2. The quantitative estimate of drug-likeness (QED) is 0.549. The van der Waals surface area contributed by atoms with Gasteiger partial charge in [0, 0.05) is 11.1 Å². The molecule has 7 nitrogen and oxygen atoms in total. The summed E-state index contributed by atoms with van der Waals surface area (Å²) in [6.45, 7) is 4.50. The van der Waals surface area contributed by atoms with Crippen LogP contribution in [0.2, 0.25) is 0 Å². The third-order valence-electron chi connectivity index (χ3n) is 4.47. The summed E-state index contributed by atoms with van der Waals surface area (Å²) in [7, 11) is 1.61. The van der Waals surface area contributed by atoms with Gasteiger partial charge in [-0.25, -0.2) is 0 Å². The smallest absolute Gasteiger partial charge is 0.240 e. The Bertz CT molecular complexity index is 1030. The van der Waals surface area contributed by atoms with Crippen molar-refractivity contribution in [3.63, 3.8) is 0 Å². The van der Waals surface area contributed by atoms with Crippen molar-refractivity contribution in [1.29, 1.82) is 0 Å². The molecule has 152 valence electrons. The van der Waals surface area contributed by atoms with Crippen molar-refractivity contribution < 1.29 is 14.3 Å². The fraction of sp³-hybridized carbons (Fsp3) is 0.286. The zero-order valence-corrected chi connectivity index (χ0v) is 17.5. The van der Waals surface area contributed by atoms with Crippen LogP contribution in [0.5, 0.6) is 11.5 Å². The van der Waals surface area contributed by atoms with Crippen molar-refractivity contribution in [3.8, 4) is 22.9 Å². The summed E-state index contributed by atoms with van der Waals surface area (Å²) in [5.74, 6) is 1.93. The number of aromatic nitrogens is 3. The lowest BCUT2D eigenvalue weighted by molar-refractivity contribution is -0.122. The maximum Gasteiger partial charge on any atom is 0.240 e. The summed E-state index contributed by atoms with van der Waals surface area (Å²) < 4.78 is 12.9. The number of ether oxygens (including phenoxy) is 2. The normalized spacial score (nSPS) is 11.7. The van der Waals surface area contributed by atoms with Gasteiger partial charge in [-0.1, -0.05) is 18.2 Å². The van der Waals surface area contributed by atoms with E-state index >= 15 is 0 Å². The molecule has 1 unspecified atom stereocenters. The molecule has 1 amide bonds. The molecule has 2 aromatic carbocycles. The minimum absolute atomic E-state index is 0.0529. The van der Waals surface area contributed by atoms with Gasteiger partial charge in [-0.05, 0) is 56.4 Å². The van der Waals surface area contributed by atoms with Crippen molar-refractivity contribution in [2.45, 2.75) is 26.4 Å². The standard InChI is InChI=1S/C21H24N4O3S/c1-4-28-16-11-9-15(10-12-16)20-23-24-21(29)25(20)13-19(26)22-14(2)17-7-5-6-8-18(17)27-3/h5-12,14H,4,13H2,1-3H3,(H,22,26)(H,24,29). The number of aromatic amines is 1. The fourth-order valence-corrected chi connectivity index (χ4v) is 3.28. The topological polar surface area (TPSA) is 81.2 Å². The second-order valence-corrected chi connectivity index (χ2v) is 6.81. The molecular formula is C21H24N4O3S. The summed E-state index contributed by atoms with van der Waals surface area (Å²) in [5.41, 5.74) is 1.75. The van der Waals surface area contributed by atoms with Crippen molar-refractivity contribution in [2.24, 2.45) is 0 Å². The Hall–Kier alpha value is -3.13. The van der Waals surface area contributed by atoms with Gasteiger partial charge < -0.3 is 14.8 Å². The Morgan fingerprint density at radius 1 is 1.24 bits per heavy atom. The number of benzene rings is 2. The predicted molar refractivity (Wildman–Crippen MR) is 114 cm³/mol. The molecule has 1 aromatic heterocycles. The summed E-state index contributed by atoms with van der Waals surface area (Å²) in [4.78, 5) is 12.7. The van der Waals surface area contributed by atoms with Crippen molar-refractivity contribution in [1.82, 2.24) is 20.1 Å². The van der Waals surface area contributed by atoms with E-state index in [9.17, 15) is 4.79 Å². The number of nitrogens with one attached hydrogen (secondary N) is 2. The van der Waals surface area contributed by atoms with Gasteiger partial charge in [0.15, 0.2) is 10.6 Å². The molecule has 29 heavy (non-hydrogen) atoms. The molecule has 1 heterocycles. The van der Waals surface area contributed by atoms with E-state index in [1.54, 1.807) is 11.7 Å². The third-order valence-corrected chi connectivity index (χ3v) is 4.78. The van der Waals surface area contributed by atoms with Gasteiger partial charge in [-0.2, -0.15) is 5.10 Å². The summed E-state index contributed by atoms with van der Waals surface area (Å²) in [5, 5.41) is 10.0. The maximum absolute atomic E-state index is 12.7. The number of carbonyl (C=O) groups is 1. The van der Waals surface area contributed by atoms with Crippen molar-refractivity contribution in [2.75, 3.05) is 13.7 Å². The molecule has 0 spiro atoms. The van der Waals surface area contributed by atoms with Crippen LogP contribution in [0.15, 0.2) is 48.5 Å². The fourth-order valence-electron chi connectivity index (χ4n) is 3.08. The van der Waals surface area contributed by atoms with E-state index < -0.39 is 0 Å². The minimum Gasteiger partial charge on any atom is -0.496 e. The van der Waals surface area contributed by atoms with Crippen LogP contribution in [-0.4, -0.2) is 34.4 Å². The second-order valence-electron chi connectivity index (χ2n) is 6.43. The Kier molecular flexibility index (Phi) is 6.66. The number of para-hydroxylation sites is 1. The van der Waals surface area contributed by atoms with E-state index in [0.29, 0.717) is 17.2 Å². The van der Waals surface area contributed by atoms with E-state index in [1.165, 1.54) is 0 Å². The molecule has 0 bridgehead atoms. The molecule has 0 saturated carbocycles. The second kappa shape index (κ2) is 9.38. The molecule has 0 radical (unpaired) electrons. The predicted octanol–water partition coefficient (Wildman–Crippen LogP) is 3.89. The van der Waals surface area contributed by atoms with Gasteiger partial charge in [0.2, 0.25) is 5.91 Å². The first-order chi connectivity index (χ1) is 14.0. The highest BCUT2D eigenvalue weighted by molar-refractivity contribution is 7.71. The Balaban J connectivity index is 1.76. The molecule has 0 aliphatic carbocycles. The number of amides is 1. The van der Waals surface area contributed by atoms with Gasteiger partial charge >= 0.3 is 0 Å². The number of hydrogen-bond acceptors (Lipinski definition) is 5. The van der Waals surface area contributed by atoms with Gasteiger partial charge in [-0.15, -0.1) is 0 Å². The Labute approximate surface area is 174 Å². The Morgan fingerprint density at radius 3 is 2.66 bits per heavy atom. The average molecular weight is 413 g/mol. The summed E-state index contributed by atoms with van der Waals surface area (Å²) in [6.07, 6.45) is 0. The van der Waals surface area contributed by atoms with E-state index in [-0.39, 0.29) is 18.5 Å². The average Bonchev–Trinajstić information content (AvgIpc) is 3.09. The molecule has 3 rings (SSSR count). The monoisotopic (exact) mass is 412 g/mol. The van der Waals surface area contributed by atoms with Crippen LogP contribution in [-0.2, 0) is 11.3 Å². The highest BCUT2D eigenvalue weighted by Crippen LogP contribution is 2.25. The Morgan fingerprint density at radius 2 is 1.97 bits per heavy atom. The molecule has 3 aromatic rings. The molecule has 0 aliphatic rings. The van der Waals surface area contributed by atoms with Crippen molar-refractivity contribution in [3.05, 3.63) is 58.9 Å². The first-order valence-corrected chi connectivity index (χ1v) is 9.75. The number of carbonyl (C=O) groups excluding carboxylic acids is 1. The van der Waals surface area contributed by atoms with E-state index in [0.717, 1.165) is 22.6 Å². The maximum atomic E-state index is 12.7. The van der Waals surface area contributed by atoms with E-state index in [1.807, 2.05) is 62.4 Å². The van der Waals surface area contributed by atoms with Gasteiger partial charge in [0.25, 0.3) is 0 Å². The number of methoxy groups -OCH3 is 1. The van der Waals surface area contributed by atoms with Gasteiger partial charge in [0.05, 0.1) is 19.8 Å². The molecular weight excluding hydrogens is 388 g/mol. The third kappa shape index (κ3) is 4.83.